The van der Waals surface area contributed by atoms with E-state index in [2.05, 4.69) is 14.1 Å². The summed E-state index contributed by atoms with van der Waals surface area (Å²) in [5, 5.41) is 19.9. The number of rotatable bonds is 4. The third kappa shape index (κ3) is 2.76. The van der Waals surface area contributed by atoms with E-state index >= 15 is 0 Å². The van der Waals surface area contributed by atoms with Gasteiger partial charge in [-0.15, -0.1) is 11.8 Å². The average Bonchev–Trinajstić information content (AvgIpc) is 2.71. The second-order valence-corrected chi connectivity index (χ2v) is 9.31. The molecular formula is C17H27N2O4S+. The quantitative estimate of drug-likeness (QED) is 0.584. The number of hydrogen-bond acceptors (Lipinski definition) is 4. The van der Waals surface area contributed by atoms with Crippen LogP contribution in [0.4, 0.5) is 0 Å². The fourth-order valence-corrected chi connectivity index (χ4v) is 5.68. The number of nitrogens with zero attached hydrogens (tertiary/aromatic N) is 2. The van der Waals surface area contributed by atoms with Crippen molar-refractivity contribution in [2.24, 2.45) is 11.8 Å². The van der Waals surface area contributed by atoms with E-state index in [0.717, 1.165) is 35.3 Å². The smallest absolute Gasteiger partial charge is 0.353 e. The maximum atomic E-state index is 12.3. The number of aliphatic carboxylic acids is 1. The lowest BCUT2D eigenvalue weighted by Gasteiger charge is -2.46. The van der Waals surface area contributed by atoms with Crippen molar-refractivity contribution >= 4 is 23.6 Å². The lowest BCUT2D eigenvalue weighted by atomic mass is 9.79. The Morgan fingerprint density at radius 2 is 1.92 bits per heavy atom. The number of quaternary nitrogens is 1. The van der Waals surface area contributed by atoms with E-state index in [1.54, 1.807) is 18.7 Å². The number of aliphatic hydroxyl groups is 1. The van der Waals surface area contributed by atoms with Gasteiger partial charge in [0.25, 0.3) is 0 Å². The Balaban J connectivity index is 1.81. The number of likely N-dealkylation sites (tertiary alicyclic amines) is 1. The van der Waals surface area contributed by atoms with Crippen molar-refractivity contribution in [1.29, 1.82) is 0 Å². The average molecular weight is 355 g/mol. The molecular weight excluding hydrogens is 328 g/mol. The van der Waals surface area contributed by atoms with Gasteiger partial charge < -0.3 is 19.6 Å². The molecule has 0 aromatic heterocycles. The van der Waals surface area contributed by atoms with Crippen LogP contribution in [-0.4, -0.2) is 76.1 Å². The fraction of sp³-hybridized carbons (Fsp3) is 0.765. The van der Waals surface area contributed by atoms with Gasteiger partial charge in [-0.1, -0.05) is 6.92 Å². The van der Waals surface area contributed by atoms with Gasteiger partial charge in [0, 0.05) is 28.9 Å². The zero-order valence-electron chi connectivity index (χ0n) is 14.7. The lowest BCUT2D eigenvalue weighted by molar-refractivity contribution is -0.894. The van der Waals surface area contributed by atoms with Crippen molar-refractivity contribution in [1.82, 2.24) is 4.90 Å². The first-order valence-corrected chi connectivity index (χ1v) is 9.49. The molecule has 3 aliphatic rings. The maximum Gasteiger partial charge on any atom is 0.353 e. The number of hydrogen-bond donors (Lipinski definition) is 2. The molecule has 0 aromatic carbocycles. The molecule has 6 nitrogen and oxygen atoms in total. The van der Waals surface area contributed by atoms with Gasteiger partial charge in [0.1, 0.15) is 5.70 Å². The van der Waals surface area contributed by atoms with Crippen molar-refractivity contribution in [3.05, 3.63) is 10.6 Å². The topological polar surface area (TPSA) is 77.8 Å². The molecule has 1 amide bonds. The molecule has 0 spiro atoms. The zero-order chi connectivity index (χ0) is 17.8. The van der Waals surface area contributed by atoms with Crippen LogP contribution in [-0.2, 0) is 9.59 Å². The van der Waals surface area contributed by atoms with Gasteiger partial charge in [-0.3, -0.25) is 4.79 Å². The molecule has 4 atom stereocenters. The monoisotopic (exact) mass is 355 g/mol. The molecule has 0 bridgehead atoms. The van der Waals surface area contributed by atoms with Crippen LogP contribution >= 0.6 is 11.8 Å². The number of β-lactam (4-membered cyclic amide) rings is 1. The highest BCUT2D eigenvalue weighted by atomic mass is 32.2. The van der Waals surface area contributed by atoms with Crippen LogP contribution in [0.15, 0.2) is 10.6 Å². The standard InChI is InChI=1S/C17H26N2O4S/c1-9-13-12(10(2)20)16(21)18(13)14(17(22)23)15(9)24-11-5-7-19(3,4)8-6-11/h9-13,20H,5-8H2,1-4H3/p+1/t9-,10-,12-,13-/m1/s1. The summed E-state index contributed by atoms with van der Waals surface area (Å²) in [6.07, 6.45) is 1.37. The van der Waals surface area contributed by atoms with Gasteiger partial charge in [0.15, 0.2) is 0 Å². The van der Waals surface area contributed by atoms with Crippen molar-refractivity contribution in [2.45, 2.75) is 44.1 Å². The van der Waals surface area contributed by atoms with E-state index in [1.807, 2.05) is 6.92 Å². The predicted molar refractivity (Wildman–Crippen MR) is 92.1 cm³/mol. The summed E-state index contributed by atoms with van der Waals surface area (Å²) >= 11 is 1.65. The minimum atomic E-state index is -1.03. The number of carboxylic acids is 1. The van der Waals surface area contributed by atoms with Crippen LogP contribution in [0.1, 0.15) is 26.7 Å². The SMILES string of the molecule is C[C@@H](O)[C@H]1C(=O)N2C(C(=O)O)=C(SC3CC[N+](C)(C)CC3)[C@H](C)[C@H]12. The van der Waals surface area contributed by atoms with E-state index in [1.165, 1.54) is 4.90 Å². The number of piperidine rings is 1. The van der Waals surface area contributed by atoms with E-state index < -0.39 is 18.0 Å². The number of amides is 1. The fourth-order valence-electron chi connectivity index (χ4n) is 4.22. The predicted octanol–water partition coefficient (Wildman–Crippen LogP) is 1.11. The minimum Gasteiger partial charge on any atom is -0.477 e. The van der Waals surface area contributed by atoms with E-state index in [4.69, 9.17) is 0 Å². The molecule has 0 saturated carbocycles. The molecule has 2 saturated heterocycles. The van der Waals surface area contributed by atoms with Gasteiger partial charge in [-0.05, 0) is 6.92 Å². The molecule has 24 heavy (non-hydrogen) atoms. The zero-order valence-corrected chi connectivity index (χ0v) is 15.5. The first-order valence-electron chi connectivity index (χ1n) is 8.61. The summed E-state index contributed by atoms with van der Waals surface area (Å²) in [4.78, 5) is 26.3. The molecule has 0 radical (unpaired) electrons. The minimum absolute atomic E-state index is 0.0252. The molecule has 3 aliphatic heterocycles. The van der Waals surface area contributed by atoms with Gasteiger partial charge in [0.2, 0.25) is 5.91 Å². The van der Waals surface area contributed by atoms with Crippen molar-refractivity contribution in [3.63, 3.8) is 0 Å². The Morgan fingerprint density at radius 1 is 1.33 bits per heavy atom. The first kappa shape index (κ1) is 17.8. The highest BCUT2D eigenvalue weighted by Crippen LogP contribution is 2.52. The summed E-state index contributed by atoms with van der Waals surface area (Å²) in [5.74, 6) is -1.79. The Bertz CT molecular complexity index is 591. The van der Waals surface area contributed by atoms with Crippen LogP contribution < -0.4 is 0 Å². The molecule has 2 fully saturated rings. The van der Waals surface area contributed by atoms with E-state index in [0.29, 0.717) is 5.25 Å². The number of fused-ring (bicyclic) bond motifs is 1. The van der Waals surface area contributed by atoms with Gasteiger partial charge in [-0.25, -0.2) is 4.79 Å². The molecule has 7 heteroatoms. The first-order chi connectivity index (χ1) is 11.1. The summed E-state index contributed by atoms with van der Waals surface area (Å²) in [6, 6.07) is -0.207. The molecule has 0 unspecified atom stereocenters. The van der Waals surface area contributed by atoms with Crippen LogP contribution in [0.2, 0.25) is 0 Å². The highest BCUT2D eigenvalue weighted by Gasteiger charge is 2.60. The third-order valence-corrected chi connectivity index (χ3v) is 7.34. The van der Waals surface area contributed by atoms with Crippen LogP contribution in [0, 0.1) is 11.8 Å². The number of carbonyl (C=O) groups excluding carboxylic acids is 1. The summed E-state index contributed by atoms with van der Waals surface area (Å²) in [7, 11) is 4.44. The highest BCUT2D eigenvalue weighted by molar-refractivity contribution is 8.03. The van der Waals surface area contributed by atoms with Crippen LogP contribution in [0.3, 0.4) is 0 Å². The van der Waals surface area contributed by atoms with Crippen LogP contribution in [0.5, 0.6) is 0 Å². The molecule has 3 heterocycles. The maximum absolute atomic E-state index is 12.3. The van der Waals surface area contributed by atoms with Gasteiger partial charge >= 0.3 is 5.97 Å². The normalized spacial score (nSPS) is 34.1. The second kappa shape index (κ2) is 6.04. The third-order valence-electron chi connectivity index (χ3n) is 5.72. The Labute approximate surface area is 147 Å². The Morgan fingerprint density at radius 3 is 2.42 bits per heavy atom. The second-order valence-electron chi connectivity index (χ2n) is 7.97. The van der Waals surface area contributed by atoms with Crippen molar-refractivity contribution in [2.75, 3.05) is 27.2 Å². The molecule has 0 aromatic rings. The van der Waals surface area contributed by atoms with Crippen molar-refractivity contribution < 1.29 is 24.3 Å². The molecule has 2 N–H and O–H groups in total. The van der Waals surface area contributed by atoms with E-state index in [9.17, 15) is 19.8 Å². The lowest BCUT2D eigenvalue weighted by Crippen LogP contribution is -2.63. The van der Waals surface area contributed by atoms with Gasteiger partial charge in [0.05, 0.1) is 45.2 Å². The summed E-state index contributed by atoms with van der Waals surface area (Å²) in [5.41, 5.74) is 0.152. The molecule has 134 valence electrons. The van der Waals surface area contributed by atoms with Crippen LogP contribution in [0.25, 0.3) is 0 Å². The van der Waals surface area contributed by atoms with Crippen molar-refractivity contribution in [3.8, 4) is 0 Å². The summed E-state index contributed by atoms with van der Waals surface area (Å²) in [6.45, 7) is 5.77. The number of aliphatic hydroxyl groups excluding tert-OH is 1. The summed E-state index contributed by atoms with van der Waals surface area (Å²) < 4.78 is 1.01. The Kier molecular flexibility index (Phi) is 4.47. The molecule has 0 aliphatic carbocycles. The van der Waals surface area contributed by atoms with E-state index in [-0.39, 0.29) is 23.6 Å². The molecule has 3 rings (SSSR count). The largest absolute Gasteiger partial charge is 0.477 e. The Hall–Kier alpha value is -1.05. The number of thioether (sulfide) groups is 1. The van der Waals surface area contributed by atoms with Gasteiger partial charge in [-0.2, -0.15) is 0 Å². The number of carboxylic acid groups (broad SMARTS) is 1. The number of carbonyl (C=O) groups is 2.